The molecule has 1 aliphatic rings. The lowest BCUT2D eigenvalue weighted by Gasteiger charge is -2.22. The molecule has 2 rings (SSSR count). The second-order valence-electron chi connectivity index (χ2n) is 5.29. The Bertz CT molecular complexity index is 394. The minimum absolute atomic E-state index is 0.608. The van der Waals surface area contributed by atoms with Crippen LogP contribution in [0.3, 0.4) is 0 Å². The SMILES string of the molecule is C=C(C)COc1cccc(CC2CCNCC2)c1. The van der Waals surface area contributed by atoms with Crippen LogP contribution in [0.2, 0.25) is 0 Å². The largest absolute Gasteiger partial charge is 0.489 e. The van der Waals surface area contributed by atoms with Gasteiger partial charge in [0, 0.05) is 0 Å². The highest BCUT2D eigenvalue weighted by molar-refractivity contribution is 5.29. The van der Waals surface area contributed by atoms with E-state index in [1.807, 2.05) is 13.0 Å². The van der Waals surface area contributed by atoms with Crippen LogP contribution in [-0.2, 0) is 6.42 Å². The van der Waals surface area contributed by atoms with E-state index >= 15 is 0 Å². The highest BCUT2D eigenvalue weighted by Gasteiger charge is 2.13. The van der Waals surface area contributed by atoms with Crippen LogP contribution in [0.15, 0.2) is 36.4 Å². The fraction of sp³-hybridized carbons (Fsp3) is 0.500. The molecule has 0 spiro atoms. The molecule has 1 heterocycles. The molecule has 0 aromatic heterocycles. The van der Waals surface area contributed by atoms with Crippen molar-refractivity contribution in [2.45, 2.75) is 26.2 Å². The monoisotopic (exact) mass is 245 g/mol. The van der Waals surface area contributed by atoms with E-state index in [0.717, 1.165) is 30.3 Å². The lowest BCUT2D eigenvalue weighted by atomic mass is 9.91. The predicted molar refractivity (Wildman–Crippen MR) is 76.0 cm³/mol. The van der Waals surface area contributed by atoms with Gasteiger partial charge in [-0.2, -0.15) is 0 Å². The Morgan fingerprint density at radius 3 is 2.89 bits per heavy atom. The van der Waals surface area contributed by atoms with Crippen molar-refractivity contribution >= 4 is 0 Å². The Balaban J connectivity index is 1.91. The number of benzene rings is 1. The maximum atomic E-state index is 5.69. The summed E-state index contributed by atoms with van der Waals surface area (Å²) in [7, 11) is 0. The highest BCUT2D eigenvalue weighted by Crippen LogP contribution is 2.21. The van der Waals surface area contributed by atoms with Crippen molar-refractivity contribution in [2.75, 3.05) is 19.7 Å². The van der Waals surface area contributed by atoms with Gasteiger partial charge >= 0.3 is 0 Å². The average molecular weight is 245 g/mol. The molecule has 18 heavy (non-hydrogen) atoms. The summed E-state index contributed by atoms with van der Waals surface area (Å²) in [6, 6.07) is 8.49. The molecule has 0 saturated carbocycles. The van der Waals surface area contributed by atoms with Crippen molar-refractivity contribution < 1.29 is 4.74 Å². The van der Waals surface area contributed by atoms with E-state index in [1.54, 1.807) is 0 Å². The summed E-state index contributed by atoms with van der Waals surface area (Å²) in [6.45, 7) is 8.77. The van der Waals surface area contributed by atoms with Crippen LogP contribution in [0.4, 0.5) is 0 Å². The molecule has 0 radical (unpaired) electrons. The van der Waals surface area contributed by atoms with Gasteiger partial charge in [-0.25, -0.2) is 0 Å². The van der Waals surface area contributed by atoms with Crippen LogP contribution in [0.5, 0.6) is 5.75 Å². The second-order valence-corrected chi connectivity index (χ2v) is 5.29. The van der Waals surface area contributed by atoms with Gasteiger partial charge in [-0.05, 0) is 68.5 Å². The molecule has 1 aromatic rings. The number of rotatable bonds is 5. The first-order valence-electron chi connectivity index (χ1n) is 6.81. The van der Waals surface area contributed by atoms with Crippen molar-refractivity contribution in [3.63, 3.8) is 0 Å². The fourth-order valence-corrected chi connectivity index (χ4v) is 2.39. The van der Waals surface area contributed by atoms with Gasteiger partial charge in [-0.3, -0.25) is 0 Å². The van der Waals surface area contributed by atoms with E-state index in [1.165, 1.54) is 24.8 Å². The number of piperidine rings is 1. The third-order valence-corrected chi connectivity index (χ3v) is 3.37. The summed E-state index contributed by atoms with van der Waals surface area (Å²) in [5.74, 6) is 1.78. The first-order valence-corrected chi connectivity index (χ1v) is 6.81. The van der Waals surface area contributed by atoms with Crippen LogP contribution in [0.1, 0.15) is 25.3 Å². The Morgan fingerprint density at radius 1 is 1.39 bits per heavy atom. The lowest BCUT2D eigenvalue weighted by molar-refractivity contribution is 0.350. The normalized spacial score (nSPS) is 16.5. The molecular formula is C16H23NO. The standard InChI is InChI=1S/C16H23NO/c1-13(2)12-18-16-5-3-4-15(11-16)10-14-6-8-17-9-7-14/h3-5,11,14,17H,1,6-10,12H2,2H3. The highest BCUT2D eigenvalue weighted by atomic mass is 16.5. The minimum Gasteiger partial charge on any atom is -0.489 e. The molecule has 1 aromatic carbocycles. The molecule has 2 nitrogen and oxygen atoms in total. The fourth-order valence-electron chi connectivity index (χ4n) is 2.39. The van der Waals surface area contributed by atoms with Gasteiger partial charge in [0.05, 0.1) is 0 Å². The summed E-state index contributed by atoms with van der Waals surface area (Å²) in [5, 5.41) is 3.41. The van der Waals surface area contributed by atoms with Crippen LogP contribution in [0.25, 0.3) is 0 Å². The Labute approximate surface area is 110 Å². The summed E-state index contributed by atoms with van der Waals surface area (Å²) in [6.07, 6.45) is 3.75. The topological polar surface area (TPSA) is 21.3 Å². The van der Waals surface area contributed by atoms with Gasteiger partial charge < -0.3 is 10.1 Å². The third kappa shape index (κ3) is 4.19. The van der Waals surface area contributed by atoms with E-state index in [2.05, 4.69) is 30.1 Å². The Kier molecular flexibility index (Phi) is 4.82. The quantitative estimate of drug-likeness (QED) is 0.804. The lowest BCUT2D eigenvalue weighted by Crippen LogP contribution is -2.28. The van der Waals surface area contributed by atoms with Gasteiger partial charge in [0.25, 0.3) is 0 Å². The first-order chi connectivity index (χ1) is 8.74. The molecule has 1 N–H and O–H groups in total. The first kappa shape index (κ1) is 13.2. The van der Waals surface area contributed by atoms with Crippen molar-refractivity contribution in [3.05, 3.63) is 42.0 Å². The summed E-state index contributed by atoms with van der Waals surface area (Å²) in [5.41, 5.74) is 2.44. The van der Waals surface area contributed by atoms with Crippen molar-refractivity contribution in [1.82, 2.24) is 5.32 Å². The van der Waals surface area contributed by atoms with Gasteiger partial charge in [0.1, 0.15) is 12.4 Å². The van der Waals surface area contributed by atoms with Gasteiger partial charge in [-0.1, -0.05) is 18.7 Å². The van der Waals surface area contributed by atoms with Crippen LogP contribution < -0.4 is 10.1 Å². The molecule has 2 heteroatoms. The van der Waals surface area contributed by atoms with Crippen molar-refractivity contribution in [3.8, 4) is 5.75 Å². The molecule has 0 amide bonds. The molecule has 0 bridgehead atoms. The van der Waals surface area contributed by atoms with E-state index in [4.69, 9.17) is 4.74 Å². The molecule has 1 aliphatic heterocycles. The van der Waals surface area contributed by atoms with E-state index < -0.39 is 0 Å². The summed E-state index contributed by atoms with van der Waals surface area (Å²) in [4.78, 5) is 0. The van der Waals surface area contributed by atoms with Crippen LogP contribution in [-0.4, -0.2) is 19.7 Å². The van der Waals surface area contributed by atoms with E-state index in [0.29, 0.717) is 6.61 Å². The Hall–Kier alpha value is -1.28. The smallest absolute Gasteiger partial charge is 0.120 e. The molecule has 98 valence electrons. The van der Waals surface area contributed by atoms with Crippen molar-refractivity contribution in [1.29, 1.82) is 0 Å². The maximum Gasteiger partial charge on any atom is 0.120 e. The van der Waals surface area contributed by atoms with Crippen LogP contribution >= 0.6 is 0 Å². The third-order valence-electron chi connectivity index (χ3n) is 3.37. The molecule has 1 fully saturated rings. The number of hydrogen-bond acceptors (Lipinski definition) is 2. The molecule has 1 saturated heterocycles. The number of nitrogens with one attached hydrogen (secondary N) is 1. The number of ether oxygens (including phenoxy) is 1. The average Bonchev–Trinajstić information content (AvgIpc) is 2.38. The summed E-state index contributed by atoms with van der Waals surface area (Å²) >= 11 is 0. The van der Waals surface area contributed by atoms with E-state index in [-0.39, 0.29) is 0 Å². The Morgan fingerprint density at radius 2 is 2.17 bits per heavy atom. The molecule has 0 unspecified atom stereocenters. The van der Waals surface area contributed by atoms with Gasteiger partial charge in [0.15, 0.2) is 0 Å². The van der Waals surface area contributed by atoms with Crippen LogP contribution in [0, 0.1) is 5.92 Å². The van der Waals surface area contributed by atoms with Gasteiger partial charge in [0.2, 0.25) is 0 Å². The predicted octanol–water partition coefficient (Wildman–Crippen LogP) is 3.18. The minimum atomic E-state index is 0.608. The van der Waals surface area contributed by atoms with Crippen molar-refractivity contribution in [2.24, 2.45) is 5.92 Å². The zero-order chi connectivity index (χ0) is 12.8. The molecular weight excluding hydrogens is 222 g/mol. The van der Waals surface area contributed by atoms with Gasteiger partial charge in [-0.15, -0.1) is 0 Å². The number of hydrogen-bond donors (Lipinski definition) is 1. The molecule has 0 atom stereocenters. The molecule has 0 aliphatic carbocycles. The van der Waals surface area contributed by atoms with E-state index in [9.17, 15) is 0 Å². The second kappa shape index (κ2) is 6.60. The zero-order valence-corrected chi connectivity index (χ0v) is 11.2. The summed E-state index contributed by atoms with van der Waals surface area (Å²) < 4.78 is 5.69. The zero-order valence-electron chi connectivity index (χ0n) is 11.2. The maximum absolute atomic E-state index is 5.69.